The summed E-state index contributed by atoms with van der Waals surface area (Å²) in [5, 5.41) is 25.1. The first-order valence-electron chi connectivity index (χ1n) is 11.3. The molecule has 0 amide bonds. The van der Waals surface area contributed by atoms with Crippen molar-refractivity contribution in [1.82, 2.24) is 14.6 Å². The van der Waals surface area contributed by atoms with E-state index in [1.165, 1.54) is 6.92 Å². The molecule has 0 radical (unpaired) electrons. The lowest BCUT2D eigenvalue weighted by Gasteiger charge is -2.28. The molecule has 4 N–H and O–H groups in total. The minimum absolute atomic E-state index is 0.278. The van der Waals surface area contributed by atoms with E-state index in [4.69, 9.17) is 48.4 Å². The number of rotatable bonds is 10. The molecular formula is C23H27ClN3O9PS. The number of aromatic nitrogens is 2. The number of halogens is 1. The van der Waals surface area contributed by atoms with Crippen LogP contribution in [0.1, 0.15) is 27.0 Å². The van der Waals surface area contributed by atoms with E-state index in [0.29, 0.717) is 5.02 Å². The topological polar surface area (TPSA) is 161 Å². The second-order valence-electron chi connectivity index (χ2n) is 8.63. The summed E-state index contributed by atoms with van der Waals surface area (Å²) >= 11 is 11.6. The van der Waals surface area contributed by atoms with Gasteiger partial charge < -0.3 is 28.7 Å². The highest BCUT2D eigenvalue weighted by Crippen LogP contribution is 2.47. The number of hydrogen-bond donors (Lipinski definition) is 4. The van der Waals surface area contributed by atoms with Gasteiger partial charge in [-0.3, -0.25) is 19.1 Å². The van der Waals surface area contributed by atoms with Crippen LogP contribution in [0.15, 0.2) is 46.1 Å². The highest BCUT2D eigenvalue weighted by molar-refractivity contribution is 8.09. The summed E-state index contributed by atoms with van der Waals surface area (Å²) < 4.78 is 23.5. The second kappa shape index (κ2) is 12.1. The summed E-state index contributed by atoms with van der Waals surface area (Å²) in [5.41, 5.74) is -3.96. The summed E-state index contributed by atoms with van der Waals surface area (Å²) in [6, 6.07) is 6.30. The fraction of sp³-hybridized carbons (Fsp3) is 0.435. The molecular weight excluding hydrogens is 561 g/mol. The zero-order valence-corrected chi connectivity index (χ0v) is 23.0. The first kappa shape index (κ1) is 30.0. The molecule has 1 saturated heterocycles. The number of aliphatic hydroxyl groups excluding tert-OH is 1. The molecule has 1 aromatic heterocycles. The summed E-state index contributed by atoms with van der Waals surface area (Å²) in [6.07, 6.45) is 1.58. The molecule has 38 heavy (non-hydrogen) atoms. The number of nitrogens with one attached hydrogen (secondary N) is 2. The zero-order valence-electron chi connectivity index (χ0n) is 20.6. The Kier molecular flexibility index (Phi) is 9.57. The maximum atomic E-state index is 12.4. The molecule has 1 aromatic carbocycles. The predicted octanol–water partition coefficient (Wildman–Crippen LogP) is 1.06. The van der Waals surface area contributed by atoms with Gasteiger partial charge in [-0.2, -0.15) is 0 Å². The van der Waals surface area contributed by atoms with Crippen LogP contribution in [-0.2, 0) is 30.6 Å². The van der Waals surface area contributed by atoms with Gasteiger partial charge in [0.25, 0.3) is 5.56 Å². The summed E-state index contributed by atoms with van der Waals surface area (Å²) in [4.78, 5) is 38.2. The number of H-pyrrole nitrogens is 1. The molecule has 1 aliphatic heterocycles. The van der Waals surface area contributed by atoms with Crippen molar-refractivity contribution in [3.8, 4) is 18.1 Å². The first-order chi connectivity index (χ1) is 17.8. The molecule has 206 valence electrons. The molecule has 2 heterocycles. The van der Waals surface area contributed by atoms with E-state index in [9.17, 15) is 24.6 Å². The van der Waals surface area contributed by atoms with E-state index in [1.54, 1.807) is 38.1 Å². The van der Waals surface area contributed by atoms with Crippen LogP contribution in [0.2, 0.25) is 5.02 Å². The van der Waals surface area contributed by atoms with Crippen LogP contribution in [0.4, 0.5) is 0 Å². The third kappa shape index (κ3) is 6.91. The van der Waals surface area contributed by atoms with Gasteiger partial charge in [-0.15, -0.1) is 6.42 Å². The van der Waals surface area contributed by atoms with Gasteiger partial charge in [0.05, 0.1) is 12.7 Å². The van der Waals surface area contributed by atoms with Crippen LogP contribution in [0.25, 0.3) is 0 Å². The molecule has 1 fully saturated rings. The lowest BCUT2D eigenvalue weighted by molar-refractivity contribution is -0.149. The summed E-state index contributed by atoms with van der Waals surface area (Å²) in [5.74, 6) is 1.73. The molecule has 0 spiro atoms. The number of terminal acetylenes is 1. The van der Waals surface area contributed by atoms with Crippen LogP contribution < -0.4 is 20.9 Å². The lowest BCUT2D eigenvalue weighted by Crippen LogP contribution is -2.48. The Morgan fingerprint density at radius 3 is 2.58 bits per heavy atom. The smallest absolute Gasteiger partial charge is 0.330 e. The van der Waals surface area contributed by atoms with Gasteiger partial charge in [0.1, 0.15) is 24.0 Å². The van der Waals surface area contributed by atoms with E-state index in [-0.39, 0.29) is 11.9 Å². The van der Waals surface area contributed by atoms with Crippen molar-refractivity contribution in [1.29, 1.82) is 0 Å². The average molecular weight is 588 g/mol. The maximum absolute atomic E-state index is 12.4. The fourth-order valence-electron chi connectivity index (χ4n) is 3.47. The molecule has 0 aliphatic carbocycles. The molecule has 0 bridgehead atoms. The van der Waals surface area contributed by atoms with Crippen LogP contribution in [0.5, 0.6) is 5.75 Å². The molecule has 12 nitrogen and oxygen atoms in total. The highest BCUT2D eigenvalue weighted by Gasteiger charge is 2.56. The minimum atomic E-state index is -3.55. The zero-order chi connectivity index (χ0) is 28.3. The fourth-order valence-corrected chi connectivity index (χ4v) is 6.01. The van der Waals surface area contributed by atoms with Crippen molar-refractivity contribution in [3.05, 3.63) is 62.4 Å². The van der Waals surface area contributed by atoms with Gasteiger partial charge in [0.2, 0.25) is 0 Å². The summed E-state index contributed by atoms with van der Waals surface area (Å²) in [6.45, 7) is 0.877. The minimum Gasteiger partial charge on any atom is -0.462 e. The van der Waals surface area contributed by atoms with Gasteiger partial charge in [-0.05, 0) is 56.8 Å². The normalized spacial score (nSPS) is 25.4. The molecule has 3 rings (SSSR count). The van der Waals surface area contributed by atoms with E-state index < -0.39 is 60.5 Å². The van der Waals surface area contributed by atoms with Gasteiger partial charge in [-0.25, -0.2) is 9.88 Å². The van der Waals surface area contributed by atoms with Crippen molar-refractivity contribution in [2.75, 3.05) is 6.61 Å². The number of nitrogens with zero attached hydrogens (tertiary/aromatic N) is 1. The van der Waals surface area contributed by atoms with Crippen LogP contribution in [-0.4, -0.2) is 62.3 Å². The molecule has 6 atom stereocenters. The van der Waals surface area contributed by atoms with Crippen molar-refractivity contribution < 1.29 is 33.5 Å². The second-order valence-corrected chi connectivity index (χ2v) is 12.2. The molecule has 15 heteroatoms. The van der Waals surface area contributed by atoms with Gasteiger partial charge >= 0.3 is 18.3 Å². The Bertz CT molecular complexity index is 1360. The number of carbonyl (C=O) groups excluding carboxylic acids is 1. The van der Waals surface area contributed by atoms with Crippen molar-refractivity contribution in [2.45, 2.75) is 57.0 Å². The number of ether oxygens (including phenoxy) is 2. The number of aromatic amines is 1. The average Bonchev–Trinajstić information content (AvgIpc) is 3.09. The first-order valence-corrected chi connectivity index (χ1v) is 14.3. The van der Waals surface area contributed by atoms with Crippen LogP contribution in [0.3, 0.4) is 0 Å². The third-order valence-electron chi connectivity index (χ3n) is 5.32. The molecule has 3 unspecified atom stereocenters. The van der Waals surface area contributed by atoms with Crippen molar-refractivity contribution >= 4 is 36.0 Å². The predicted molar refractivity (Wildman–Crippen MR) is 141 cm³/mol. The monoisotopic (exact) mass is 587 g/mol. The SMILES string of the molecule is C#C[C@]1(O)C(n2ccc(=O)[nH]c2=O)O[C@H](COP(=S)(NC(C)C(=O)OC(C)C)Oc2ccc(Cl)cc2)[C@H]1O. The number of aliphatic hydroxyl groups is 2. The van der Waals surface area contributed by atoms with Crippen LogP contribution >= 0.6 is 18.2 Å². The Morgan fingerprint density at radius 2 is 2.00 bits per heavy atom. The van der Waals surface area contributed by atoms with Crippen molar-refractivity contribution in [3.63, 3.8) is 0 Å². The number of carbonyl (C=O) groups is 1. The van der Waals surface area contributed by atoms with E-state index in [1.807, 2.05) is 4.98 Å². The van der Waals surface area contributed by atoms with Crippen molar-refractivity contribution in [2.24, 2.45) is 0 Å². The van der Waals surface area contributed by atoms with E-state index in [0.717, 1.165) is 16.8 Å². The van der Waals surface area contributed by atoms with Gasteiger partial charge in [0, 0.05) is 17.3 Å². The number of hydrogen-bond acceptors (Lipinski definition) is 10. The molecule has 1 aliphatic rings. The quantitative estimate of drug-likeness (QED) is 0.179. The number of benzene rings is 1. The van der Waals surface area contributed by atoms with Gasteiger partial charge in [-0.1, -0.05) is 17.5 Å². The maximum Gasteiger partial charge on any atom is 0.330 e. The summed E-state index contributed by atoms with van der Waals surface area (Å²) in [7, 11) is 0. The molecule has 2 aromatic rings. The van der Waals surface area contributed by atoms with Crippen LogP contribution in [0, 0.1) is 12.3 Å². The Labute approximate surface area is 228 Å². The third-order valence-corrected chi connectivity index (χ3v) is 8.08. The lowest BCUT2D eigenvalue weighted by atomic mass is 9.95. The standard InChI is InChI=1S/C23H27ClN3O9PS/c1-5-23(32)19(29)17(35-21(23)27-11-10-18(28)25-22(27)31)12-33-37(38,26-14(4)20(30)34-13(2)3)36-16-8-6-15(24)7-9-16/h1,6-11,13-14,17,19,21,29,32H,12H2,2-4H3,(H,26,38)(H,25,28,31)/t14?,17-,19-,21?,23-,37?/m1/s1. The van der Waals surface area contributed by atoms with E-state index >= 15 is 0 Å². The number of esters is 1. The largest absolute Gasteiger partial charge is 0.462 e. The Balaban J connectivity index is 1.85. The highest BCUT2D eigenvalue weighted by atomic mass is 35.5. The Morgan fingerprint density at radius 1 is 1.34 bits per heavy atom. The molecule has 0 saturated carbocycles. The Hall–Kier alpha value is -2.53. The van der Waals surface area contributed by atoms with E-state index in [2.05, 4.69) is 11.0 Å². The van der Waals surface area contributed by atoms with Gasteiger partial charge in [0.15, 0.2) is 11.8 Å².